The largest absolute Gasteiger partial charge is 0.464 e. The van der Waals surface area contributed by atoms with Gasteiger partial charge in [-0.2, -0.15) is 0 Å². The van der Waals surface area contributed by atoms with E-state index in [0.717, 1.165) is 22.5 Å². The van der Waals surface area contributed by atoms with Gasteiger partial charge in [0.2, 0.25) is 5.91 Å². The zero-order valence-electron chi connectivity index (χ0n) is 14.8. The van der Waals surface area contributed by atoms with E-state index in [1.165, 1.54) is 0 Å². The topological polar surface area (TPSA) is 62.5 Å². The lowest BCUT2D eigenvalue weighted by Gasteiger charge is -2.18. The number of furan rings is 1. The maximum absolute atomic E-state index is 12.5. The Bertz CT molecular complexity index is 810. The van der Waals surface area contributed by atoms with Gasteiger partial charge < -0.3 is 14.8 Å². The molecule has 2 atom stereocenters. The molecule has 2 aromatic carbocycles. The van der Waals surface area contributed by atoms with Crippen LogP contribution < -0.4 is 5.32 Å². The summed E-state index contributed by atoms with van der Waals surface area (Å²) >= 11 is 0. The third-order valence-corrected chi connectivity index (χ3v) is 4.50. The molecule has 4 heteroatoms. The Balaban J connectivity index is 1.59. The number of nitrogens with one attached hydrogen (secondary N) is 1. The molecule has 0 bridgehead atoms. The van der Waals surface area contributed by atoms with Crippen molar-refractivity contribution in [2.24, 2.45) is 0 Å². The molecule has 0 aliphatic carbocycles. The van der Waals surface area contributed by atoms with E-state index in [2.05, 4.69) is 5.32 Å². The molecule has 2 N–H and O–H groups in total. The van der Waals surface area contributed by atoms with Crippen molar-refractivity contribution in [2.45, 2.75) is 25.4 Å². The Morgan fingerprint density at radius 1 is 1.00 bits per heavy atom. The molecular weight excluding hydrogens is 326 g/mol. The van der Waals surface area contributed by atoms with Crippen LogP contribution in [0.5, 0.6) is 0 Å². The highest BCUT2D eigenvalue weighted by Gasteiger charge is 2.19. The number of rotatable bonds is 7. The Morgan fingerprint density at radius 3 is 2.35 bits per heavy atom. The van der Waals surface area contributed by atoms with Crippen LogP contribution in [-0.4, -0.2) is 17.6 Å². The second kappa shape index (κ2) is 8.50. The molecule has 0 fully saturated rings. The van der Waals surface area contributed by atoms with Gasteiger partial charge in [0.25, 0.3) is 0 Å². The van der Waals surface area contributed by atoms with E-state index in [4.69, 9.17) is 4.42 Å². The van der Waals surface area contributed by atoms with Gasteiger partial charge in [0.1, 0.15) is 5.76 Å². The van der Waals surface area contributed by atoms with Gasteiger partial charge in [-0.05, 0) is 29.7 Å². The third kappa shape index (κ3) is 4.21. The molecule has 0 saturated carbocycles. The van der Waals surface area contributed by atoms with Crippen LogP contribution in [0.1, 0.15) is 36.5 Å². The van der Waals surface area contributed by atoms with Crippen molar-refractivity contribution in [1.82, 2.24) is 5.32 Å². The number of carbonyl (C=O) groups is 1. The van der Waals surface area contributed by atoms with Crippen LogP contribution in [0.15, 0.2) is 77.4 Å². The fraction of sp³-hybridized carbons (Fsp3) is 0.227. The van der Waals surface area contributed by atoms with Crippen LogP contribution in [0.3, 0.4) is 0 Å². The first-order valence-electron chi connectivity index (χ1n) is 8.83. The molecule has 0 aliphatic heterocycles. The maximum atomic E-state index is 12.5. The van der Waals surface area contributed by atoms with Gasteiger partial charge >= 0.3 is 0 Å². The molecule has 0 aliphatic rings. The lowest BCUT2D eigenvalue weighted by atomic mass is 9.95. The SMILES string of the molecule is CC[C@H](C(=O)NC[C@@H](O)c1ccc(-c2ccco2)cc1)c1ccccc1. The molecular formula is C22H23NO3. The zero-order chi connectivity index (χ0) is 18.4. The summed E-state index contributed by atoms with van der Waals surface area (Å²) in [7, 11) is 0. The van der Waals surface area contributed by atoms with Crippen molar-refractivity contribution in [1.29, 1.82) is 0 Å². The van der Waals surface area contributed by atoms with Crippen LogP contribution in [0.2, 0.25) is 0 Å². The van der Waals surface area contributed by atoms with Crippen molar-refractivity contribution in [2.75, 3.05) is 6.54 Å². The lowest BCUT2D eigenvalue weighted by molar-refractivity contribution is -0.123. The average molecular weight is 349 g/mol. The summed E-state index contributed by atoms with van der Waals surface area (Å²) in [4.78, 5) is 12.5. The van der Waals surface area contributed by atoms with E-state index in [9.17, 15) is 9.90 Å². The van der Waals surface area contributed by atoms with E-state index in [1.54, 1.807) is 6.26 Å². The summed E-state index contributed by atoms with van der Waals surface area (Å²) in [5.41, 5.74) is 2.70. The monoisotopic (exact) mass is 349 g/mol. The quantitative estimate of drug-likeness (QED) is 0.669. The molecule has 0 saturated heterocycles. The van der Waals surface area contributed by atoms with E-state index in [-0.39, 0.29) is 18.4 Å². The minimum atomic E-state index is -0.752. The van der Waals surface area contributed by atoms with Gasteiger partial charge in [0.05, 0.1) is 18.3 Å². The van der Waals surface area contributed by atoms with Crippen LogP contribution in [0, 0.1) is 0 Å². The normalized spacial score (nSPS) is 13.2. The zero-order valence-corrected chi connectivity index (χ0v) is 14.8. The van der Waals surface area contributed by atoms with Gasteiger partial charge in [-0.1, -0.05) is 61.5 Å². The van der Waals surface area contributed by atoms with Gasteiger partial charge in [0.15, 0.2) is 0 Å². The molecule has 1 heterocycles. The molecule has 0 unspecified atom stereocenters. The lowest BCUT2D eigenvalue weighted by Crippen LogP contribution is -2.32. The Morgan fingerprint density at radius 2 is 1.73 bits per heavy atom. The molecule has 4 nitrogen and oxygen atoms in total. The van der Waals surface area contributed by atoms with E-state index < -0.39 is 6.10 Å². The number of amides is 1. The summed E-state index contributed by atoms with van der Waals surface area (Å²) < 4.78 is 5.36. The van der Waals surface area contributed by atoms with E-state index in [0.29, 0.717) is 6.42 Å². The minimum absolute atomic E-state index is 0.0649. The highest BCUT2D eigenvalue weighted by atomic mass is 16.3. The predicted molar refractivity (Wildman–Crippen MR) is 102 cm³/mol. The summed E-state index contributed by atoms with van der Waals surface area (Å²) in [6.45, 7) is 2.17. The summed E-state index contributed by atoms with van der Waals surface area (Å²) in [6.07, 6.45) is 1.59. The first-order valence-corrected chi connectivity index (χ1v) is 8.83. The Labute approximate surface area is 153 Å². The van der Waals surface area contributed by atoms with Gasteiger partial charge in [-0.25, -0.2) is 0 Å². The number of carbonyl (C=O) groups excluding carboxylic acids is 1. The molecule has 3 aromatic rings. The third-order valence-electron chi connectivity index (χ3n) is 4.50. The Kier molecular flexibility index (Phi) is 5.87. The van der Waals surface area contributed by atoms with E-state index in [1.807, 2.05) is 73.7 Å². The van der Waals surface area contributed by atoms with E-state index >= 15 is 0 Å². The van der Waals surface area contributed by atoms with Crippen LogP contribution >= 0.6 is 0 Å². The van der Waals surface area contributed by atoms with Gasteiger partial charge in [-0.3, -0.25) is 4.79 Å². The predicted octanol–water partition coefficient (Wildman–Crippen LogP) is 4.29. The minimum Gasteiger partial charge on any atom is -0.464 e. The van der Waals surface area contributed by atoms with Gasteiger partial charge in [-0.15, -0.1) is 0 Å². The standard InChI is InChI=1S/C22H23NO3/c1-2-19(16-7-4-3-5-8-16)22(25)23-15-20(24)17-10-12-18(13-11-17)21-9-6-14-26-21/h3-14,19-20,24H,2,15H2,1H3,(H,23,25)/t19-,20+/m0/s1. The van der Waals surface area contributed by atoms with Crippen molar-refractivity contribution >= 4 is 5.91 Å². The molecule has 1 amide bonds. The summed E-state index contributed by atoms with van der Waals surface area (Å²) in [5.74, 6) is 0.516. The van der Waals surface area contributed by atoms with Crippen LogP contribution in [0.4, 0.5) is 0 Å². The molecule has 26 heavy (non-hydrogen) atoms. The average Bonchev–Trinajstić information content (AvgIpc) is 3.22. The van der Waals surface area contributed by atoms with Crippen molar-refractivity contribution in [3.05, 3.63) is 84.1 Å². The first kappa shape index (κ1) is 18.0. The highest BCUT2D eigenvalue weighted by Crippen LogP contribution is 2.23. The van der Waals surface area contributed by atoms with Crippen molar-refractivity contribution < 1.29 is 14.3 Å². The number of aliphatic hydroxyl groups is 1. The van der Waals surface area contributed by atoms with Gasteiger partial charge in [0, 0.05) is 12.1 Å². The number of hydrogen-bond acceptors (Lipinski definition) is 3. The summed E-state index contributed by atoms with van der Waals surface area (Å²) in [6, 6.07) is 20.9. The van der Waals surface area contributed by atoms with Crippen LogP contribution in [-0.2, 0) is 4.79 Å². The number of benzene rings is 2. The smallest absolute Gasteiger partial charge is 0.227 e. The second-order valence-electron chi connectivity index (χ2n) is 6.23. The van der Waals surface area contributed by atoms with Crippen molar-refractivity contribution in [3.8, 4) is 11.3 Å². The molecule has 1 aromatic heterocycles. The fourth-order valence-electron chi connectivity index (χ4n) is 3.01. The molecule has 134 valence electrons. The van der Waals surface area contributed by atoms with Crippen molar-refractivity contribution in [3.63, 3.8) is 0 Å². The fourth-order valence-corrected chi connectivity index (χ4v) is 3.01. The second-order valence-corrected chi connectivity index (χ2v) is 6.23. The Hall–Kier alpha value is -2.85. The van der Waals surface area contributed by atoms with Crippen LogP contribution in [0.25, 0.3) is 11.3 Å². The first-order chi connectivity index (χ1) is 12.7. The number of aliphatic hydroxyl groups excluding tert-OH is 1. The number of hydrogen-bond donors (Lipinski definition) is 2. The molecule has 0 radical (unpaired) electrons. The maximum Gasteiger partial charge on any atom is 0.227 e. The highest BCUT2D eigenvalue weighted by molar-refractivity contribution is 5.83. The molecule has 0 spiro atoms. The molecule has 3 rings (SSSR count). The summed E-state index contributed by atoms with van der Waals surface area (Å²) in [5, 5.41) is 13.2.